The number of hydrogen-bond acceptors (Lipinski definition) is 3. The lowest BCUT2D eigenvalue weighted by Crippen LogP contribution is -1.87. The van der Waals surface area contributed by atoms with Gasteiger partial charge in [0.15, 0.2) is 0 Å². The molecular formula is C9H11NOS. The Balaban J connectivity index is 3.01. The fourth-order valence-corrected chi connectivity index (χ4v) is 2.23. The lowest BCUT2D eigenvalue weighted by molar-refractivity contribution is 0.559. The molecule has 3 heteroatoms. The first-order chi connectivity index (χ1) is 5.65. The summed E-state index contributed by atoms with van der Waals surface area (Å²) in [5.41, 5.74) is 1.14. The second kappa shape index (κ2) is 3.65. The standard InChI is InChI=1S/C9H11NOS/c1-6-4-9(8(3)12-6)7(2)10-5-11/h4,7H,1-3H3. The fraction of sp³-hybridized carbons (Fsp3) is 0.444. The summed E-state index contributed by atoms with van der Waals surface area (Å²) >= 11 is 1.73. The van der Waals surface area contributed by atoms with Crippen LogP contribution in [0.2, 0.25) is 0 Å². The molecule has 1 atom stereocenters. The highest BCUT2D eigenvalue weighted by Crippen LogP contribution is 2.27. The quantitative estimate of drug-likeness (QED) is 0.509. The first kappa shape index (κ1) is 9.17. The SMILES string of the molecule is Cc1cc(C(C)N=C=O)c(C)s1. The summed E-state index contributed by atoms with van der Waals surface area (Å²) in [6, 6.07) is 2.03. The fourth-order valence-electron chi connectivity index (χ4n) is 1.21. The van der Waals surface area contributed by atoms with E-state index in [1.807, 2.05) is 13.8 Å². The van der Waals surface area contributed by atoms with Gasteiger partial charge in [-0.1, -0.05) is 0 Å². The summed E-state index contributed by atoms with van der Waals surface area (Å²) in [7, 11) is 0. The Hall–Kier alpha value is -0.920. The first-order valence-corrected chi connectivity index (χ1v) is 4.60. The molecule has 2 nitrogen and oxygen atoms in total. The molecule has 0 bridgehead atoms. The summed E-state index contributed by atoms with van der Waals surface area (Å²) in [6.07, 6.45) is 1.58. The number of thiophene rings is 1. The number of aryl methyl sites for hydroxylation is 2. The van der Waals surface area contributed by atoms with E-state index in [1.54, 1.807) is 17.4 Å². The molecule has 64 valence electrons. The normalized spacial score (nSPS) is 12.2. The Kier molecular flexibility index (Phi) is 2.79. The molecule has 0 spiro atoms. The van der Waals surface area contributed by atoms with Crippen molar-refractivity contribution in [2.75, 3.05) is 0 Å². The van der Waals surface area contributed by atoms with Gasteiger partial charge in [-0.25, -0.2) is 4.79 Å². The average Bonchev–Trinajstić information content (AvgIpc) is 2.30. The van der Waals surface area contributed by atoms with E-state index in [4.69, 9.17) is 0 Å². The van der Waals surface area contributed by atoms with Crippen LogP contribution >= 0.6 is 11.3 Å². The summed E-state index contributed by atoms with van der Waals surface area (Å²) in [5, 5.41) is 0. The zero-order valence-corrected chi connectivity index (χ0v) is 8.23. The maximum absolute atomic E-state index is 10.0. The Morgan fingerprint density at radius 3 is 2.67 bits per heavy atom. The van der Waals surface area contributed by atoms with Gasteiger partial charge >= 0.3 is 0 Å². The lowest BCUT2D eigenvalue weighted by atomic mass is 10.1. The van der Waals surface area contributed by atoms with Gasteiger partial charge in [-0.05, 0) is 32.4 Å². The molecule has 0 fully saturated rings. The van der Waals surface area contributed by atoms with E-state index >= 15 is 0 Å². The molecule has 1 unspecified atom stereocenters. The van der Waals surface area contributed by atoms with E-state index < -0.39 is 0 Å². The van der Waals surface area contributed by atoms with Crippen molar-refractivity contribution in [2.45, 2.75) is 26.8 Å². The van der Waals surface area contributed by atoms with Crippen LogP contribution in [-0.4, -0.2) is 6.08 Å². The number of hydrogen-bond donors (Lipinski definition) is 0. The van der Waals surface area contributed by atoms with Crippen molar-refractivity contribution in [1.82, 2.24) is 0 Å². The van der Waals surface area contributed by atoms with Crippen LogP contribution in [-0.2, 0) is 4.79 Å². The highest BCUT2D eigenvalue weighted by Gasteiger charge is 2.09. The van der Waals surface area contributed by atoms with Gasteiger partial charge in [-0.15, -0.1) is 11.3 Å². The van der Waals surface area contributed by atoms with E-state index in [1.165, 1.54) is 9.75 Å². The predicted molar refractivity (Wildman–Crippen MR) is 50.3 cm³/mol. The van der Waals surface area contributed by atoms with Crippen LogP contribution in [0.1, 0.15) is 28.3 Å². The largest absolute Gasteiger partial charge is 0.235 e. The van der Waals surface area contributed by atoms with Crippen molar-refractivity contribution in [3.8, 4) is 0 Å². The van der Waals surface area contributed by atoms with E-state index in [2.05, 4.69) is 18.0 Å². The average molecular weight is 181 g/mol. The van der Waals surface area contributed by atoms with E-state index in [-0.39, 0.29) is 6.04 Å². The van der Waals surface area contributed by atoms with Crippen LogP contribution in [0.25, 0.3) is 0 Å². The number of rotatable bonds is 2. The zero-order valence-electron chi connectivity index (χ0n) is 7.42. The van der Waals surface area contributed by atoms with Gasteiger partial charge in [-0.2, -0.15) is 4.99 Å². The molecule has 0 amide bonds. The molecule has 0 N–H and O–H groups in total. The Morgan fingerprint density at radius 1 is 1.58 bits per heavy atom. The molecular weight excluding hydrogens is 170 g/mol. The number of aliphatic imine (C=N–C) groups is 1. The Labute approximate surface area is 76.0 Å². The molecule has 0 aliphatic carbocycles. The zero-order chi connectivity index (χ0) is 9.14. The molecule has 0 aromatic carbocycles. The van der Waals surface area contributed by atoms with Gasteiger partial charge in [0, 0.05) is 9.75 Å². The van der Waals surface area contributed by atoms with Crippen molar-refractivity contribution in [2.24, 2.45) is 4.99 Å². The van der Waals surface area contributed by atoms with E-state index in [0.717, 1.165) is 5.56 Å². The van der Waals surface area contributed by atoms with Gasteiger partial charge in [-0.3, -0.25) is 0 Å². The molecule has 0 aliphatic heterocycles. The molecule has 0 radical (unpaired) electrons. The molecule has 0 aliphatic rings. The topological polar surface area (TPSA) is 29.4 Å². The highest BCUT2D eigenvalue weighted by molar-refractivity contribution is 7.12. The summed E-state index contributed by atoms with van der Waals surface area (Å²) in [4.78, 5) is 16.2. The predicted octanol–water partition coefficient (Wildman–Crippen LogP) is 2.76. The molecule has 1 aromatic rings. The molecule has 1 heterocycles. The lowest BCUT2D eigenvalue weighted by Gasteiger charge is -2.00. The van der Waals surface area contributed by atoms with Crippen molar-refractivity contribution in [1.29, 1.82) is 0 Å². The number of carbonyl (C=O) groups excluding carboxylic acids is 1. The maximum Gasteiger partial charge on any atom is 0.235 e. The van der Waals surface area contributed by atoms with Crippen LogP contribution in [0.3, 0.4) is 0 Å². The minimum absolute atomic E-state index is 0.0487. The van der Waals surface area contributed by atoms with Crippen LogP contribution < -0.4 is 0 Å². The van der Waals surface area contributed by atoms with Crippen LogP contribution in [0.15, 0.2) is 11.1 Å². The van der Waals surface area contributed by atoms with Gasteiger partial charge in [0.05, 0.1) is 6.04 Å². The van der Waals surface area contributed by atoms with Crippen molar-refractivity contribution in [3.63, 3.8) is 0 Å². The third kappa shape index (κ3) is 1.81. The molecule has 1 rings (SSSR count). The molecule has 0 saturated heterocycles. The minimum atomic E-state index is -0.0487. The van der Waals surface area contributed by atoms with E-state index in [0.29, 0.717) is 0 Å². The smallest absolute Gasteiger partial charge is 0.211 e. The summed E-state index contributed by atoms with van der Waals surface area (Å²) in [6.45, 7) is 6.00. The van der Waals surface area contributed by atoms with Crippen LogP contribution in [0.5, 0.6) is 0 Å². The minimum Gasteiger partial charge on any atom is -0.211 e. The van der Waals surface area contributed by atoms with Crippen LogP contribution in [0, 0.1) is 13.8 Å². The second-order valence-corrected chi connectivity index (χ2v) is 4.23. The number of isocyanates is 1. The van der Waals surface area contributed by atoms with Crippen molar-refractivity contribution < 1.29 is 4.79 Å². The molecule has 0 saturated carbocycles. The third-order valence-corrected chi connectivity index (χ3v) is 2.76. The molecule has 1 aromatic heterocycles. The summed E-state index contributed by atoms with van der Waals surface area (Å²) in [5.74, 6) is 0. The first-order valence-electron chi connectivity index (χ1n) is 3.79. The maximum atomic E-state index is 10.0. The highest BCUT2D eigenvalue weighted by atomic mass is 32.1. The summed E-state index contributed by atoms with van der Waals surface area (Å²) < 4.78 is 0. The van der Waals surface area contributed by atoms with Gasteiger partial charge in [0.25, 0.3) is 0 Å². The van der Waals surface area contributed by atoms with Gasteiger partial charge in [0.2, 0.25) is 6.08 Å². The van der Waals surface area contributed by atoms with Crippen molar-refractivity contribution >= 4 is 17.4 Å². The van der Waals surface area contributed by atoms with Crippen molar-refractivity contribution in [3.05, 3.63) is 21.4 Å². The van der Waals surface area contributed by atoms with Gasteiger partial charge < -0.3 is 0 Å². The van der Waals surface area contributed by atoms with Crippen LogP contribution in [0.4, 0.5) is 0 Å². The third-order valence-electron chi connectivity index (χ3n) is 1.78. The Morgan fingerprint density at radius 2 is 2.25 bits per heavy atom. The number of nitrogens with zero attached hydrogens (tertiary/aromatic N) is 1. The van der Waals surface area contributed by atoms with E-state index in [9.17, 15) is 4.79 Å². The Bertz CT molecular complexity index is 323. The van der Waals surface area contributed by atoms with Gasteiger partial charge in [0.1, 0.15) is 0 Å². The second-order valence-electron chi connectivity index (χ2n) is 2.76. The monoisotopic (exact) mass is 181 g/mol. The molecule has 12 heavy (non-hydrogen) atoms.